The number of alkyl halides is 3. The summed E-state index contributed by atoms with van der Waals surface area (Å²) in [4.78, 5) is 18.2. The van der Waals surface area contributed by atoms with Gasteiger partial charge in [-0.15, -0.1) is 0 Å². The van der Waals surface area contributed by atoms with Crippen molar-refractivity contribution >= 4 is 27.3 Å². The number of morpholine rings is 1. The third kappa shape index (κ3) is 5.42. The Morgan fingerprint density at radius 1 is 0.944 bits per heavy atom. The van der Waals surface area contributed by atoms with E-state index < -0.39 is 33.5 Å². The lowest BCUT2D eigenvalue weighted by atomic mass is 10.1. The average Bonchev–Trinajstić information content (AvgIpc) is 2.88. The molecule has 8 nitrogen and oxygen atoms in total. The van der Waals surface area contributed by atoms with Gasteiger partial charge in [-0.2, -0.15) is 13.2 Å². The highest BCUT2D eigenvalue weighted by atomic mass is 32.2. The molecule has 1 amide bonds. The molecular formula is C23H26F4N4O4S. The van der Waals surface area contributed by atoms with Gasteiger partial charge in [0.15, 0.2) is 0 Å². The summed E-state index contributed by atoms with van der Waals surface area (Å²) >= 11 is 0. The second-order valence-electron chi connectivity index (χ2n) is 8.43. The number of hydrogen-bond acceptors (Lipinski definition) is 6. The molecule has 0 aliphatic carbocycles. The zero-order valence-corrected chi connectivity index (χ0v) is 20.3. The maximum atomic E-state index is 15.3. The molecule has 0 spiro atoms. The maximum absolute atomic E-state index is 15.3. The number of carbonyl (C=O) groups is 1. The second kappa shape index (κ2) is 10.2. The fourth-order valence-corrected chi connectivity index (χ4v) is 5.09. The first-order chi connectivity index (χ1) is 17.0. The van der Waals surface area contributed by atoms with Gasteiger partial charge in [-0.1, -0.05) is 0 Å². The minimum absolute atomic E-state index is 0.0310. The summed E-state index contributed by atoms with van der Waals surface area (Å²) in [7, 11) is -2.81. The molecule has 2 aromatic rings. The van der Waals surface area contributed by atoms with Gasteiger partial charge in [-0.3, -0.25) is 4.79 Å². The molecule has 13 heteroatoms. The van der Waals surface area contributed by atoms with Gasteiger partial charge >= 0.3 is 6.18 Å². The molecule has 0 aromatic heterocycles. The van der Waals surface area contributed by atoms with Crippen LogP contribution in [0.5, 0.6) is 0 Å². The van der Waals surface area contributed by atoms with E-state index in [-0.39, 0.29) is 29.2 Å². The minimum atomic E-state index is -4.42. The van der Waals surface area contributed by atoms with Gasteiger partial charge in [-0.05, 0) is 43.4 Å². The fraction of sp³-hybridized carbons (Fsp3) is 0.435. The van der Waals surface area contributed by atoms with Gasteiger partial charge in [-0.25, -0.2) is 17.5 Å². The fourth-order valence-electron chi connectivity index (χ4n) is 4.32. The van der Waals surface area contributed by atoms with Crippen molar-refractivity contribution in [1.29, 1.82) is 0 Å². The largest absolute Gasteiger partial charge is 0.416 e. The van der Waals surface area contributed by atoms with E-state index in [9.17, 15) is 26.4 Å². The predicted octanol–water partition coefficient (Wildman–Crippen LogP) is 2.55. The quantitative estimate of drug-likeness (QED) is 0.599. The van der Waals surface area contributed by atoms with Crippen LogP contribution in [0.15, 0.2) is 41.3 Å². The molecule has 2 aliphatic heterocycles. The Morgan fingerprint density at radius 2 is 1.56 bits per heavy atom. The molecule has 2 aromatic carbocycles. The van der Waals surface area contributed by atoms with E-state index in [0.717, 1.165) is 18.2 Å². The smallest absolute Gasteiger partial charge is 0.378 e. The van der Waals surface area contributed by atoms with E-state index in [4.69, 9.17) is 4.74 Å². The Bertz CT molecular complexity index is 1210. The molecule has 2 fully saturated rings. The van der Waals surface area contributed by atoms with Crippen molar-refractivity contribution < 1.29 is 35.5 Å². The number of carbonyl (C=O) groups excluding carboxylic acids is 1. The van der Waals surface area contributed by atoms with E-state index in [1.165, 1.54) is 30.1 Å². The summed E-state index contributed by atoms with van der Waals surface area (Å²) in [5, 5.41) is 0. The molecule has 2 saturated heterocycles. The van der Waals surface area contributed by atoms with Crippen molar-refractivity contribution in [2.24, 2.45) is 0 Å². The molecule has 0 atom stereocenters. The number of benzene rings is 2. The van der Waals surface area contributed by atoms with Crippen molar-refractivity contribution in [1.82, 2.24) is 9.62 Å². The standard InChI is InChI=1S/C23H26F4N4O4S/c1-28-36(33,34)18-14-19(21(20(24)15-18)30-10-12-35-13-11-30)22(32)31-8-6-29(7-9-31)17-4-2-16(3-5-17)23(25,26)27/h2-5,14-15,28H,6-13H2,1H3. The summed E-state index contributed by atoms with van der Waals surface area (Å²) in [5.41, 5.74) is -0.177. The van der Waals surface area contributed by atoms with Crippen LogP contribution in [0.3, 0.4) is 0 Å². The summed E-state index contributed by atoms with van der Waals surface area (Å²) in [5.74, 6) is -1.34. The molecule has 0 radical (unpaired) electrons. The second-order valence-corrected chi connectivity index (χ2v) is 10.3. The van der Waals surface area contributed by atoms with Crippen LogP contribution in [0.25, 0.3) is 0 Å². The highest BCUT2D eigenvalue weighted by Crippen LogP contribution is 2.32. The van der Waals surface area contributed by atoms with Crippen LogP contribution in [-0.4, -0.2) is 78.8 Å². The first-order valence-corrected chi connectivity index (χ1v) is 12.8. The van der Waals surface area contributed by atoms with Crippen LogP contribution in [0, 0.1) is 5.82 Å². The summed E-state index contributed by atoms with van der Waals surface area (Å²) in [6.07, 6.45) is -4.42. The Hall–Kier alpha value is -2.90. The number of nitrogens with one attached hydrogen (secondary N) is 1. The van der Waals surface area contributed by atoms with Crippen LogP contribution >= 0.6 is 0 Å². The summed E-state index contributed by atoms with van der Waals surface area (Å²) < 4.78 is 86.0. The molecule has 0 bridgehead atoms. The third-order valence-electron chi connectivity index (χ3n) is 6.30. The van der Waals surface area contributed by atoms with Crippen molar-refractivity contribution in [3.8, 4) is 0 Å². The molecule has 0 unspecified atom stereocenters. The van der Waals surface area contributed by atoms with Gasteiger partial charge in [0.25, 0.3) is 5.91 Å². The number of halogens is 4. The zero-order valence-electron chi connectivity index (χ0n) is 19.5. The van der Waals surface area contributed by atoms with E-state index in [2.05, 4.69) is 4.72 Å². The molecule has 2 heterocycles. The Balaban J connectivity index is 1.57. The van der Waals surface area contributed by atoms with Crippen LogP contribution < -0.4 is 14.5 Å². The number of rotatable bonds is 5. The number of hydrogen-bond donors (Lipinski definition) is 1. The molecule has 4 rings (SSSR count). The molecule has 0 saturated carbocycles. The Kier molecular flexibility index (Phi) is 7.43. The first-order valence-electron chi connectivity index (χ1n) is 11.3. The zero-order chi connectivity index (χ0) is 26.1. The van der Waals surface area contributed by atoms with Gasteiger partial charge < -0.3 is 19.4 Å². The predicted molar refractivity (Wildman–Crippen MR) is 125 cm³/mol. The topological polar surface area (TPSA) is 82.2 Å². The van der Waals surface area contributed by atoms with Gasteiger partial charge in [0, 0.05) is 45.0 Å². The molecule has 196 valence electrons. The van der Waals surface area contributed by atoms with E-state index in [1.54, 1.807) is 4.90 Å². The average molecular weight is 531 g/mol. The van der Waals surface area contributed by atoms with Crippen LogP contribution in [-0.2, 0) is 20.9 Å². The number of amides is 1. The number of piperazine rings is 1. The number of ether oxygens (including phenoxy) is 1. The highest BCUT2D eigenvalue weighted by Gasteiger charge is 2.32. The number of nitrogens with zero attached hydrogens (tertiary/aromatic N) is 3. The van der Waals surface area contributed by atoms with Crippen molar-refractivity contribution in [3.63, 3.8) is 0 Å². The van der Waals surface area contributed by atoms with Crippen molar-refractivity contribution in [3.05, 3.63) is 53.3 Å². The van der Waals surface area contributed by atoms with Gasteiger partial charge in [0.2, 0.25) is 10.0 Å². The van der Waals surface area contributed by atoms with Crippen LogP contribution in [0.1, 0.15) is 15.9 Å². The molecule has 1 N–H and O–H groups in total. The molecule has 36 heavy (non-hydrogen) atoms. The lowest BCUT2D eigenvalue weighted by Gasteiger charge is -2.37. The van der Waals surface area contributed by atoms with Gasteiger partial charge in [0.1, 0.15) is 5.82 Å². The first kappa shape index (κ1) is 26.2. The SMILES string of the molecule is CNS(=O)(=O)c1cc(F)c(N2CCOCC2)c(C(=O)N2CCN(c3ccc(C(F)(F)F)cc3)CC2)c1. The van der Waals surface area contributed by atoms with Crippen LogP contribution in [0.4, 0.5) is 28.9 Å². The third-order valence-corrected chi connectivity index (χ3v) is 7.69. The van der Waals surface area contributed by atoms with Crippen LogP contribution in [0.2, 0.25) is 0 Å². The lowest BCUT2D eigenvalue weighted by Crippen LogP contribution is -2.49. The van der Waals surface area contributed by atoms with E-state index in [0.29, 0.717) is 45.1 Å². The van der Waals surface area contributed by atoms with Gasteiger partial charge in [0.05, 0.1) is 34.9 Å². The number of anilines is 2. The Morgan fingerprint density at radius 3 is 2.11 bits per heavy atom. The van der Waals surface area contributed by atoms with E-state index in [1.807, 2.05) is 4.90 Å². The highest BCUT2D eigenvalue weighted by molar-refractivity contribution is 7.89. The molecule has 2 aliphatic rings. The normalized spacial score (nSPS) is 17.4. The summed E-state index contributed by atoms with van der Waals surface area (Å²) in [6, 6.07) is 6.88. The monoisotopic (exact) mass is 530 g/mol. The summed E-state index contributed by atoms with van der Waals surface area (Å²) in [6.45, 7) is 2.53. The van der Waals surface area contributed by atoms with E-state index >= 15 is 4.39 Å². The van der Waals surface area contributed by atoms with Crippen molar-refractivity contribution in [2.45, 2.75) is 11.1 Å². The van der Waals surface area contributed by atoms with Crippen molar-refractivity contribution in [2.75, 3.05) is 69.3 Å². The Labute approximate surface area is 206 Å². The maximum Gasteiger partial charge on any atom is 0.416 e. The lowest BCUT2D eigenvalue weighted by molar-refractivity contribution is -0.137. The molecular weight excluding hydrogens is 504 g/mol. The number of sulfonamides is 1. The minimum Gasteiger partial charge on any atom is -0.378 e.